The Morgan fingerprint density at radius 1 is 0.706 bits per heavy atom. The van der Waals surface area contributed by atoms with Crippen LogP contribution < -0.4 is 0 Å². The molecule has 0 saturated heterocycles. The summed E-state index contributed by atoms with van der Waals surface area (Å²) in [7, 11) is 0. The summed E-state index contributed by atoms with van der Waals surface area (Å²) in [5.41, 5.74) is 1.98. The van der Waals surface area contributed by atoms with Crippen molar-refractivity contribution >= 4 is 5.69 Å². The van der Waals surface area contributed by atoms with E-state index in [-0.39, 0.29) is 27.3 Å². The molecule has 0 heterocycles. The number of halogens is 1. The van der Waals surface area contributed by atoms with Gasteiger partial charge in [0.05, 0.1) is 4.92 Å². The molecule has 2 aromatic carbocycles. The first-order chi connectivity index (χ1) is 16.4. The Labute approximate surface area is 206 Å². The Balaban J connectivity index is 2.89. The quantitative estimate of drug-likeness (QED) is 0.181. The van der Waals surface area contributed by atoms with Gasteiger partial charge < -0.3 is 0 Å². The number of benzene rings is 2. The second-order valence-corrected chi connectivity index (χ2v) is 9.89. The lowest BCUT2D eigenvalue weighted by Crippen LogP contribution is -2.50. The fourth-order valence-corrected chi connectivity index (χ4v) is 5.94. The lowest BCUT2D eigenvalue weighted by atomic mass is 9.50. The van der Waals surface area contributed by atoms with Crippen LogP contribution in [0.5, 0.6) is 0 Å². The standard InChI is InChI=1S/C30H44FNO2/c1-5-9-20-29(21-10-6-2,25-16-18-28(19-17-25)32(33)34)30(22-11-7-3,23-12-8-4)26-14-13-15-27(31)24-26/h13-19,24H,5-12,20-23H2,1-4H3. The van der Waals surface area contributed by atoms with E-state index in [4.69, 9.17) is 0 Å². The van der Waals surface area contributed by atoms with Crippen LogP contribution in [0.1, 0.15) is 116 Å². The molecule has 2 aromatic rings. The average Bonchev–Trinajstić information content (AvgIpc) is 2.85. The third-order valence-electron chi connectivity index (χ3n) is 7.75. The zero-order valence-corrected chi connectivity index (χ0v) is 21.7. The van der Waals surface area contributed by atoms with Crippen molar-refractivity contribution in [3.05, 3.63) is 75.6 Å². The first kappa shape index (κ1) is 28.0. The molecule has 0 unspecified atom stereocenters. The molecule has 0 aliphatic heterocycles. The third-order valence-corrected chi connectivity index (χ3v) is 7.75. The molecule has 34 heavy (non-hydrogen) atoms. The SMILES string of the molecule is CCCCC(CCCC)(c1ccc([N+](=O)[O-])cc1)C(CCCC)(CCCC)c1cccc(F)c1. The molecule has 0 aliphatic carbocycles. The molecule has 0 saturated carbocycles. The monoisotopic (exact) mass is 469 g/mol. The average molecular weight is 470 g/mol. The molecule has 0 aromatic heterocycles. The number of nitro groups is 1. The molecule has 3 nitrogen and oxygen atoms in total. The summed E-state index contributed by atoms with van der Waals surface area (Å²) in [6.45, 7) is 8.90. The largest absolute Gasteiger partial charge is 0.269 e. The topological polar surface area (TPSA) is 43.1 Å². The maximum Gasteiger partial charge on any atom is 0.269 e. The Hall–Kier alpha value is -2.23. The van der Waals surface area contributed by atoms with Gasteiger partial charge in [-0.3, -0.25) is 10.1 Å². The van der Waals surface area contributed by atoms with Gasteiger partial charge in [-0.25, -0.2) is 4.39 Å². The highest BCUT2D eigenvalue weighted by molar-refractivity contribution is 5.43. The zero-order chi connectivity index (χ0) is 25.0. The van der Waals surface area contributed by atoms with Gasteiger partial charge in [0.25, 0.3) is 5.69 Å². The van der Waals surface area contributed by atoms with Crippen molar-refractivity contribution in [2.45, 2.75) is 116 Å². The summed E-state index contributed by atoms with van der Waals surface area (Å²) in [4.78, 5) is 11.1. The van der Waals surface area contributed by atoms with E-state index in [0.29, 0.717) is 0 Å². The van der Waals surface area contributed by atoms with Crippen molar-refractivity contribution in [3.8, 4) is 0 Å². The normalized spacial score (nSPS) is 12.1. The highest BCUT2D eigenvalue weighted by Crippen LogP contribution is 2.56. The lowest BCUT2D eigenvalue weighted by Gasteiger charge is -2.53. The minimum Gasteiger partial charge on any atom is -0.258 e. The smallest absolute Gasteiger partial charge is 0.258 e. The van der Waals surface area contributed by atoms with Gasteiger partial charge in [0, 0.05) is 23.0 Å². The minimum atomic E-state index is -0.322. The number of hydrogen-bond donors (Lipinski definition) is 0. The van der Waals surface area contributed by atoms with Crippen molar-refractivity contribution in [2.24, 2.45) is 0 Å². The molecular weight excluding hydrogens is 425 g/mol. The minimum absolute atomic E-state index is 0.127. The summed E-state index contributed by atoms with van der Waals surface area (Å²) in [6.07, 6.45) is 12.7. The van der Waals surface area contributed by atoms with Crippen LogP contribution in [0.4, 0.5) is 10.1 Å². The van der Waals surface area contributed by atoms with Crippen LogP contribution in [0.25, 0.3) is 0 Å². The van der Waals surface area contributed by atoms with Crippen molar-refractivity contribution in [2.75, 3.05) is 0 Å². The lowest BCUT2D eigenvalue weighted by molar-refractivity contribution is -0.384. The number of rotatable bonds is 16. The molecule has 0 aliphatic rings. The molecule has 0 fully saturated rings. The fraction of sp³-hybridized carbons (Fsp3) is 0.600. The highest BCUT2D eigenvalue weighted by Gasteiger charge is 2.51. The van der Waals surface area contributed by atoms with Crippen LogP contribution in [0.2, 0.25) is 0 Å². The summed E-state index contributed by atoms with van der Waals surface area (Å²) in [6, 6.07) is 14.6. The number of hydrogen-bond acceptors (Lipinski definition) is 2. The molecule has 0 atom stereocenters. The molecule has 0 spiro atoms. The maximum absolute atomic E-state index is 14.7. The van der Waals surface area contributed by atoms with E-state index in [1.807, 2.05) is 18.2 Å². The Morgan fingerprint density at radius 2 is 1.15 bits per heavy atom. The molecule has 0 radical (unpaired) electrons. The van der Waals surface area contributed by atoms with Crippen molar-refractivity contribution < 1.29 is 9.31 Å². The van der Waals surface area contributed by atoms with Crippen LogP contribution in [0.3, 0.4) is 0 Å². The van der Waals surface area contributed by atoms with Gasteiger partial charge in [-0.15, -0.1) is 0 Å². The van der Waals surface area contributed by atoms with Crippen molar-refractivity contribution in [1.82, 2.24) is 0 Å². The maximum atomic E-state index is 14.7. The first-order valence-electron chi connectivity index (χ1n) is 13.4. The number of nitro benzene ring substituents is 1. The van der Waals surface area contributed by atoms with E-state index in [0.717, 1.165) is 82.6 Å². The summed E-state index contributed by atoms with van der Waals surface area (Å²) < 4.78 is 14.7. The number of unbranched alkanes of at least 4 members (excludes halogenated alkanes) is 4. The summed E-state index contributed by atoms with van der Waals surface area (Å²) in [5, 5.41) is 11.4. The fourth-order valence-electron chi connectivity index (χ4n) is 5.94. The molecule has 188 valence electrons. The zero-order valence-electron chi connectivity index (χ0n) is 21.7. The predicted molar refractivity (Wildman–Crippen MR) is 141 cm³/mol. The second-order valence-electron chi connectivity index (χ2n) is 9.89. The molecule has 2 rings (SSSR count). The van der Waals surface area contributed by atoms with Crippen LogP contribution in [-0.2, 0) is 10.8 Å². The second kappa shape index (κ2) is 13.6. The van der Waals surface area contributed by atoms with Gasteiger partial charge >= 0.3 is 0 Å². The molecular formula is C30H44FNO2. The van der Waals surface area contributed by atoms with E-state index in [1.165, 1.54) is 5.56 Å². The first-order valence-corrected chi connectivity index (χ1v) is 13.4. The van der Waals surface area contributed by atoms with Gasteiger partial charge in [-0.1, -0.05) is 103 Å². The molecule has 0 bridgehead atoms. The molecule has 0 N–H and O–H groups in total. The van der Waals surface area contributed by atoms with Gasteiger partial charge in [-0.05, 0) is 48.9 Å². The van der Waals surface area contributed by atoms with Gasteiger partial charge in [0.2, 0.25) is 0 Å². The highest BCUT2D eigenvalue weighted by atomic mass is 19.1. The Bertz CT molecular complexity index is 862. The van der Waals surface area contributed by atoms with Gasteiger partial charge in [0.15, 0.2) is 0 Å². The Kier molecular flexibility index (Phi) is 11.2. The van der Waals surface area contributed by atoms with Crippen LogP contribution in [0.15, 0.2) is 48.5 Å². The van der Waals surface area contributed by atoms with E-state index >= 15 is 0 Å². The predicted octanol–water partition coefficient (Wildman–Crippen LogP) is 9.67. The molecule has 0 amide bonds. The van der Waals surface area contributed by atoms with E-state index in [2.05, 4.69) is 33.8 Å². The van der Waals surface area contributed by atoms with Gasteiger partial charge in [-0.2, -0.15) is 0 Å². The Morgan fingerprint density at radius 3 is 1.53 bits per heavy atom. The number of nitrogens with zero attached hydrogens (tertiary/aromatic N) is 1. The van der Waals surface area contributed by atoms with Crippen molar-refractivity contribution in [1.29, 1.82) is 0 Å². The van der Waals surface area contributed by atoms with Gasteiger partial charge in [0.1, 0.15) is 5.82 Å². The van der Waals surface area contributed by atoms with Crippen LogP contribution in [0, 0.1) is 15.9 Å². The summed E-state index contributed by atoms with van der Waals surface area (Å²) in [5.74, 6) is -0.182. The van der Waals surface area contributed by atoms with E-state index in [9.17, 15) is 14.5 Å². The van der Waals surface area contributed by atoms with E-state index in [1.54, 1.807) is 24.3 Å². The molecule has 4 heteroatoms. The van der Waals surface area contributed by atoms with Crippen molar-refractivity contribution in [3.63, 3.8) is 0 Å². The third kappa shape index (κ3) is 6.25. The van der Waals surface area contributed by atoms with Crippen LogP contribution in [-0.4, -0.2) is 4.92 Å². The summed E-state index contributed by atoms with van der Waals surface area (Å²) >= 11 is 0. The van der Waals surface area contributed by atoms with E-state index < -0.39 is 0 Å². The number of non-ortho nitro benzene ring substituents is 1. The van der Waals surface area contributed by atoms with Crippen LogP contribution >= 0.6 is 0 Å².